The number of aliphatic carboxylic acids is 1. The minimum atomic E-state index is -1.35. The molecule has 0 aliphatic carbocycles. The largest absolute Gasteiger partial charge is 0.478 e. The molecule has 0 aliphatic rings. The van der Waals surface area contributed by atoms with Gasteiger partial charge in [0, 0.05) is 17.5 Å². The molecule has 6 nitrogen and oxygen atoms in total. The number of benzene rings is 2. The number of carboxylic acids is 1. The Morgan fingerprint density at radius 2 is 1.67 bits per heavy atom. The smallest absolute Gasteiger partial charge is 0.347 e. The standard InChI is InChI=1S/C17H17ClN2O4/c1-17(2,15(21)22)24-14-10-8-13(9-11-14)20(18)16(23)19-12-6-4-3-5-7-12/h3-11H,1-2H3,(H,19,23)(H,21,22). The Kier molecular flexibility index (Phi) is 5.31. The molecule has 0 radical (unpaired) electrons. The Balaban J connectivity index is 2.04. The van der Waals surface area contributed by atoms with Gasteiger partial charge in [-0.1, -0.05) is 18.2 Å². The van der Waals surface area contributed by atoms with Gasteiger partial charge in [-0.15, -0.1) is 0 Å². The van der Waals surface area contributed by atoms with Gasteiger partial charge in [0.15, 0.2) is 5.60 Å². The Labute approximate surface area is 144 Å². The summed E-state index contributed by atoms with van der Waals surface area (Å²) in [5.74, 6) is -0.715. The molecule has 0 bridgehead atoms. The number of halogens is 1. The maximum absolute atomic E-state index is 12.1. The van der Waals surface area contributed by atoms with E-state index in [0.717, 1.165) is 4.42 Å². The van der Waals surface area contributed by atoms with E-state index < -0.39 is 17.6 Å². The molecule has 0 heterocycles. The van der Waals surface area contributed by atoms with Gasteiger partial charge < -0.3 is 15.2 Å². The lowest BCUT2D eigenvalue weighted by molar-refractivity contribution is -0.152. The summed E-state index contributed by atoms with van der Waals surface area (Å²) in [4.78, 5) is 23.1. The molecule has 2 aromatic carbocycles. The first-order valence-corrected chi connectivity index (χ1v) is 7.48. The monoisotopic (exact) mass is 348 g/mol. The molecule has 0 saturated carbocycles. The number of rotatable bonds is 5. The zero-order valence-corrected chi connectivity index (χ0v) is 13.9. The number of carbonyl (C=O) groups excluding carboxylic acids is 1. The van der Waals surface area contributed by atoms with E-state index in [9.17, 15) is 9.59 Å². The number of nitrogens with zero attached hydrogens (tertiary/aromatic N) is 1. The first kappa shape index (κ1) is 17.6. The van der Waals surface area contributed by atoms with E-state index in [-0.39, 0.29) is 0 Å². The van der Waals surface area contributed by atoms with Crippen molar-refractivity contribution in [1.29, 1.82) is 0 Å². The zero-order chi connectivity index (χ0) is 17.7. The van der Waals surface area contributed by atoms with E-state index in [1.54, 1.807) is 48.5 Å². The molecule has 0 saturated heterocycles. The number of hydrogen-bond acceptors (Lipinski definition) is 3. The van der Waals surface area contributed by atoms with Crippen molar-refractivity contribution < 1.29 is 19.4 Å². The SMILES string of the molecule is CC(C)(Oc1ccc(N(Cl)C(=O)Nc2ccccc2)cc1)C(=O)O. The summed E-state index contributed by atoms with van der Waals surface area (Å²) in [5.41, 5.74) is -0.311. The van der Waals surface area contributed by atoms with Gasteiger partial charge in [0.2, 0.25) is 0 Å². The zero-order valence-electron chi connectivity index (χ0n) is 13.2. The number of anilines is 2. The molecule has 0 atom stereocenters. The number of hydrogen-bond donors (Lipinski definition) is 2. The Hall–Kier alpha value is -2.73. The highest BCUT2D eigenvalue weighted by Gasteiger charge is 2.29. The third-order valence-electron chi connectivity index (χ3n) is 3.15. The molecule has 126 valence electrons. The topological polar surface area (TPSA) is 78.9 Å². The molecule has 2 amide bonds. The predicted molar refractivity (Wildman–Crippen MR) is 92.6 cm³/mol. The van der Waals surface area contributed by atoms with Crippen LogP contribution in [0.5, 0.6) is 5.75 Å². The van der Waals surface area contributed by atoms with Crippen molar-refractivity contribution in [2.45, 2.75) is 19.4 Å². The van der Waals surface area contributed by atoms with E-state index in [4.69, 9.17) is 21.6 Å². The second-order valence-corrected chi connectivity index (χ2v) is 5.83. The summed E-state index contributed by atoms with van der Waals surface area (Å²) in [6.45, 7) is 2.90. The van der Waals surface area contributed by atoms with Crippen molar-refractivity contribution in [3.63, 3.8) is 0 Å². The maximum atomic E-state index is 12.1. The number of carboxylic acid groups (broad SMARTS) is 1. The molecule has 2 rings (SSSR count). The van der Waals surface area contributed by atoms with Crippen LogP contribution >= 0.6 is 11.8 Å². The summed E-state index contributed by atoms with van der Waals surface area (Å²) >= 11 is 6.03. The van der Waals surface area contributed by atoms with Crippen LogP contribution < -0.4 is 14.5 Å². The van der Waals surface area contributed by atoms with Crippen LogP contribution in [-0.4, -0.2) is 22.7 Å². The summed E-state index contributed by atoms with van der Waals surface area (Å²) < 4.78 is 6.32. The Bertz CT molecular complexity index is 717. The van der Waals surface area contributed by atoms with Crippen molar-refractivity contribution in [1.82, 2.24) is 0 Å². The van der Waals surface area contributed by atoms with E-state index in [1.807, 2.05) is 6.07 Å². The molecule has 7 heteroatoms. The third kappa shape index (κ3) is 4.39. The van der Waals surface area contributed by atoms with Crippen molar-refractivity contribution in [3.8, 4) is 5.75 Å². The van der Waals surface area contributed by atoms with E-state index in [2.05, 4.69) is 5.32 Å². The highest BCUT2D eigenvalue weighted by Crippen LogP contribution is 2.24. The molecule has 0 unspecified atom stereocenters. The lowest BCUT2D eigenvalue weighted by atomic mass is 10.1. The highest BCUT2D eigenvalue weighted by molar-refractivity contribution is 6.38. The first-order valence-electron chi connectivity index (χ1n) is 7.14. The quantitative estimate of drug-likeness (QED) is 0.796. The van der Waals surface area contributed by atoms with Crippen LogP contribution in [0, 0.1) is 0 Å². The fourth-order valence-corrected chi connectivity index (χ4v) is 1.95. The predicted octanol–water partition coefficient (Wildman–Crippen LogP) is 4.12. The number of para-hydroxylation sites is 1. The van der Waals surface area contributed by atoms with Crippen molar-refractivity contribution in [2.24, 2.45) is 0 Å². The molecule has 0 spiro atoms. The number of urea groups is 1. The van der Waals surface area contributed by atoms with Gasteiger partial charge in [0.1, 0.15) is 5.75 Å². The number of ether oxygens (including phenoxy) is 1. The van der Waals surface area contributed by atoms with Gasteiger partial charge in [-0.3, -0.25) is 0 Å². The van der Waals surface area contributed by atoms with Crippen LogP contribution in [-0.2, 0) is 4.79 Å². The fraction of sp³-hybridized carbons (Fsp3) is 0.176. The lowest BCUT2D eigenvalue weighted by Gasteiger charge is -2.22. The molecular weight excluding hydrogens is 332 g/mol. The van der Waals surface area contributed by atoms with Crippen LogP contribution in [0.3, 0.4) is 0 Å². The minimum absolute atomic E-state index is 0.361. The second-order valence-electron chi connectivity index (χ2n) is 5.49. The molecule has 0 fully saturated rings. The summed E-state index contributed by atoms with van der Waals surface area (Å²) in [7, 11) is 0. The Morgan fingerprint density at radius 1 is 1.08 bits per heavy atom. The molecule has 0 aliphatic heterocycles. The summed E-state index contributed by atoms with van der Waals surface area (Å²) in [6, 6.07) is 14.6. The lowest BCUT2D eigenvalue weighted by Crippen LogP contribution is -2.37. The number of carbonyl (C=O) groups is 2. The van der Waals surface area contributed by atoms with Crippen LogP contribution in [0.4, 0.5) is 16.2 Å². The summed E-state index contributed by atoms with van der Waals surface area (Å²) in [5, 5.41) is 11.7. The second kappa shape index (κ2) is 7.23. The molecule has 0 aromatic heterocycles. The van der Waals surface area contributed by atoms with Crippen LogP contribution in [0.25, 0.3) is 0 Å². The minimum Gasteiger partial charge on any atom is -0.478 e. The fourth-order valence-electron chi connectivity index (χ4n) is 1.79. The third-order valence-corrected chi connectivity index (χ3v) is 3.50. The molecule has 2 N–H and O–H groups in total. The molecule has 24 heavy (non-hydrogen) atoms. The van der Waals surface area contributed by atoms with E-state index >= 15 is 0 Å². The van der Waals surface area contributed by atoms with Gasteiger partial charge in [-0.05, 0) is 50.2 Å². The van der Waals surface area contributed by atoms with E-state index in [0.29, 0.717) is 17.1 Å². The first-order chi connectivity index (χ1) is 11.3. The van der Waals surface area contributed by atoms with Crippen LogP contribution in [0.2, 0.25) is 0 Å². The average molecular weight is 349 g/mol. The average Bonchev–Trinajstić information content (AvgIpc) is 2.55. The van der Waals surface area contributed by atoms with Gasteiger partial charge in [-0.25, -0.2) is 14.0 Å². The Morgan fingerprint density at radius 3 is 2.21 bits per heavy atom. The van der Waals surface area contributed by atoms with Crippen molar-refractivity contribution in [2.75, 3.05) is 9.74 Å². The van der Waals surface area contributed by atoms with Crippen LogP contribution in [0.15, 0.2) is 54.6 Å². The van der Waals surface area contributed by atoms with Gasteiger partial charge >= 0.3 is 12.0 Å². The van der Waals surface area contributed by atoms with Crippen molar-refractivity contribution in [3.05, 3.63) is 54.6 Å². The van der Waals surface area contributed by atoms with Gasteiger partial charge in [0.05, 0.1) is 5.69 Å². The summed E-state index contributed by atoms with van der Waals surface area (Å²) in [6.07, 6.45) is 0. The number of amides is 2. The van der Waals surface area contributed by atoms with Crippen LogP contribution in [0.1, 0.15) is 13.8 Å². The van der Waals surface area contributed by atoms with Gasteiger partial charge in [-0.2, -0.15) is 0 Å². The maximum Gasteiger partial charge on any atom is 0.347 e. The normalized spacial score (nSPS) is 10.8. The molecular formula is C17H17ClN2O4. The van der Waals surface area contributed by atoms with Gasteiger partial charge in [0.25, 0.3) is 0 Å². The molecule has 2 aromatic rings. The van der Waals surface area contributed by atoms with Crippen molar-refractivity contribution >= 4 is 35.2 Å². The number of nitrogens with one attached hydrogen (secondary N) is 1. The van der Waals surface area contributed by atoms with E-state index in [1.165, 1.54) is 13.8 Å². The highest BCUT2D eigenvalue weighted by atomic mass is 35.5.